The Morgan fingerprint density at radius 3 is 2.73 bits per heavy atom. The van der Waals surface area contributed by atoms with Crippen molar-refractivity contribution in [3.63, 3.8) is 0 Å². The number of likely N-dealkylation sites (N-methyl/N-ethyl adjacent to an activating group) is 1. The van der Waals surface area contributed by atoms with Gasteiger partial charge in [-0.15, -0.1) is 0 Å². The molecule has 0 aliphatic heterocycles. The van der Waals surface area contributed by atoms with Crippen LogP contribution in [-0.4, -0.2) is 25.3 Å². The van der Waals surface area contributed by atoms with E-state index in [1.165, 1.54) is 0 Å². The maximum absolute atomic E-state index is 5.50. The van der Waals surface area contributed by atoms with Gasteiger partial charge in [-0.1, -0.05) is 6.92 Å². The van der Waals surface area contributed by atoms with Crippen LogP contribution in [0, 0.1) is 0 Å². The molecule has 15 heavy (non-hydrogen) atoms. The largest absolute Gasteiger partial charge is 0.469 e. The van der Waals surface area contributed by atoms with Crippen molar-refractivity contribution in [3.8, 4) is 0 Å². The minimum absolute atomic E-state index is 0.192. The van der Waals surface area contributed by atoms with Crippen LogP contribution in [0.1, 0.15) is 26.5 Å². The molecule has 0 saturated heterocycles. The molecule has 86 valence electrons. The summed E-state index contributed by atoms with van der Waals surface area (Å²) in [7, 11) is 1.74. The van der Waals surface area contributed by atoms with Crippen LogP contribution in [0.3, 0.4) is 0 Å². The third-order valence-electron chi connectivity index (χ3n) is 2.80. The van der Waals surface area contributed by atoms with Crippen molar-refractivity contribution in [2.24, 2.45) is 0 Å². The van der Waals surface area contributed by atoms with E-state index in [1.54, 1.807) is 13.4 Å². The van der Waals surface area contributed by atoms with E-state index in [2.05, 4.69) is 26.1 Å². The van der Waals surface area contributed by atoms with Gasteiger partial charge in [0.15, 0.2) is 0 Å². The van der Waals surface area contributed by atoms with Crippen LogP contribution in [0.25, 0.3) is 0 Å². The van der Waals surface area contributed by atoms with Crippen molar-refractivity contribution >= 4 is 0 Å². The molecule has 1 heterocycles. The first kappa shape index (κ1) is 12.3. The van der Waals surface area contributed by atoms with E-state index in [-0.39, 0.29) is 11.6 Å². The molecule has 0 aliphatic carbocycles. The standard InChI is InChI=1S/C12H21NO2/c1-5-13-11(12(2,3)14-4)9-10-7-6-8-15-10/h6-8,11,13H,5,9H2,1-4H3. The molecule has 1 atom stereocenters. The van der Waals surface area contributed by atoms with E-state index in [0.29, 0.717) is 0 Å². The van der Waals surface area contributed by atoms with Crippen molar-refractivity contribution in [1.82, 2.24) is 5.32 Å². The highest BCUT2D eigenvalue weighted by Gasteiger charge is 2.29. The fourth-order valence-corrected chi connectivity index (χ4v) is 1.58. The summed E-state index contributed by atoms with van der Waals surface area (Å²) in [5, 5.41) is 3.43. The van der Waals surface area contributed by atoms with Gasteiger partial charge in [-0.05, 0) is 32.5 Å². The van der Waals surface area contributed by atoms with Crippen molar-refractivity contribution in [3.05, 3.63) is 24.2 Å². The van der Waals surface area contributed by atoms with E-state index in [9.17, 15) is 0 Å². The van der Waals surface area contributed by atoms with Crippen LogP contribution in [0.4, 0.5) is 0 Å². The molecule has 0 fully saturated rings. The number of hydrogen-bond acceptors (Lipinski definition) is 3. The predicted octanol–water partition coefficient (Wildman–Crippen LogP) is 2.23. The van der Waals surface area contributed by atoms with Crippen molar-refractivity contribution < 1.29 is 9.15 Å². The second-order valence-corrected chi connectivity index (χ2v) is 4.20. The fourth-order valence-electron chi connectivity index (χ4n) is 1.58. The van der Waals surface area contributed by atoms with Gasteiger partial charge in [0.25, 0.3) is 0 Å². The van der Waals surface area contributed by atoms with Gasteiger partial charge in [-0.25, -0.2) is 0 Å². The van der Waals surface area contributed by atoms with E-state index in [0.717, 1.165) is 18.7 Å². The fraction of sp³-hybridized carbons (Fsp3) is 0.667. The summed E-state index contributed by atoms with van der Waals surface area (Å²) in [6.45, 7) is 7.20. The van der Waals surface area contributed by atoms with Gasteiger partial charge in [0, 0.05) is 19.6 Å². The minimum Gasteiger partial charge on any atom is -0.469 e. The lowest BCUT2D eigenvalue weighted by Crippen LogP contribution is -2.49. The highest BCUT2D eigenvalue weighted by Crippen LogP contribution is 2.18. The van der Waals surface area contributed by atoms with Crippen molar-refractivity contribution in [1.29, 1.82) is 0 Å². The molecule has 0 bridgehead atoms. The number of ether oxygens (including phenoxy) is 1. The van der Waals surface area contributed by atoms with Crippen LogP contribution in [0.5, 0.6) is 0 Å². The van der Waals surface area contributed by atoms with Gasteiger partial charge >= 0.3 is 0 Å². The Morgan fingerprint density at radius 2 is 2.27 bits per heavy atom. The molecule has 1 aromatic rings. The average Bonchev–Trinajstić information content (AvgIpc) is 2.70. The van der Waals surface area contributed by atoms with E-state index in [1.807, 2.05) is 12.1 Å². The number of hydrogen-bond donors (Lipinski definition) is 1. The summed E-state index contributed by atoms with van der Waals surface area (Å²) >= 11 is 0. The van der Waals surface area contributed by atoms with E-state index < -0.39 is 0 Å². The second kappa shape index (κ2) is 5.33. The van der Waals surface area contributed by atoms with Gasteiger partial charge in [-0.2, -0.15) is 0 Å². The third-order valence-corrected chi connectivity index (χ3v) is 2.80. The molecule has 0 radical (unpaired) electrons. The molecular weight excluding hydrogens is 190 g/mol. The molecule has 3 nitrogen and oxygen atoms in total. The quantitative estimate of drug-likeness (QED) is 0.783. The van der Waals surface area contributed by atoms with Crippen LogP contribution in [0.2, 0.25) is 0 Å². The molecule has 0 aliphatic rings. The normalized spacial score (nSPS) is 14.1. The lowest BCUT2D eigenvalue weighted by Gasteiger charge is -2.33. The average molecular weight is 211 g/mol. The molecule has 1 rings (SSSR count). The first-order valence-electron chi connectivity index (χ1n) is 5.41. The number of nitrogens with one attached hydrogen (secondary N) is 1. The van der Waals surface area contributed by atoms with Gasteiger partial charge < -0.3 is 14.5 Å². The number of furan rings is 1. The SMILES string of the molecule is CCNC(Cc1ccco1)C(C)(C)OC. The molecular formula is C12H21NO2. The smallest absolute Gasteiger partial charge is 0.105 e. The lowest BCUT2D eigenvalue weighted by atomic mass is 9.94. The van der Waals surface area contributed by atoms with Gasteiger partial charge in [0.1, 0.15) is 5.76 Å². The topological polar surface area (TPSA) is 34.4 Å². The molecule has 0 aromatic carbocycles. The van der Waals surface area contributed by atoms with Crippen molar-refractivity contribution in [2.75, 3.05) is 13.7 Å². The van der Waals surface area contributed by atoms with E-state index >= 15 is 0 Å². The van der Waals surface area contributed by atoms with Crippen molar-refractivity contribution in [2.45, 2.75) is 38.8 Å². The summed E-state index contributed by atoms with van der Waals surface area (Å²) in [4.78, 5) is 0. The zero-order valence-corrected chi connectivity index (χ0v) is 10.0. The zero-order valence-electron chi connectivity index (χ0n) is 10.0. The molecule has 0 saturated carbocycles. The summed E-state index contributed by atoms with van der Waals surface area (Å²) < 4.78 is 10.9. The third kappa shape index (κ3) is 3.36. The Bertz CT molecular complexity index is 267. The number of rotatable bonds is 6. The Balaban J connectivity index is 2.66. The Morgan fingerprint density at radius 1 is 1.53 bits per heavy atom. The Hall–Kier alpha value is -0.800. The molecule has 0 amide bonds. The Kier molecular flexibility index (Phi) is 4.36. The van der Waals surface area contributed by atoms with Crippen LogP contribution in [-0.2, 0) is 11.2 Å². The maximum Gasteiger partial charge on any atom is 0.105 e. The highest BCUT2D eigenvalue weighted by molar-refractivity contribution is 5.03. The maximum atomic E-state index is 5.50. The van der Waals surface area contributed by atoms with Gasteiger partial charge in [0.05, 0.1) is 11.9 Å². The zero-order chi connectivity index (χ0) is 11.3. The minimum atomic E-state index is -0.192. The lowest BCUT2D eigenvalue weighted by molar-refractivity contribution is -0.0108. The van der Waals surface area contributed by atoms with Gasteiger partial charge in [-0.3, -0.25) is 0 Å². The summed E-state index contributed by atoms with van der Waals surface area (Å²) in [6.07, 6.45) is 2.56. The highest BCUT2D eigenvalue weighted by atomic mass is 16.5. The summed E-state index contributed by atoms with van der Waals surface area (Å²) in [5.41, 5.74) is -0.192. The van der Waals surface area contributed by atoms with Crippen LogP contribution < -0.4 is 5.32 Å². The summed E-state index contributed by atoms with van der Waals surface area (Å²) in [6, 6.07) is 4.17. The summed E-state index contributed by atoms with van der Waals surface area (Å²) in [5.74, 6) is 0.992. The molecule has 1 N–H and O–H groups in total. The van der Waals surface area contributed by atoms with Gasteiger partial charge in [0.2, 0.25) is 0 Å². The molecule has 3 heteroatoms. The first-order valence-corrected chi connectivity index (χ1v) is 5.41. The molecule has 0 spiro atoms. The second-order valence-electron chi connectivity index (χ2n) is 4.20. The first-order chi connectivity index (χ1) is 7.10. The Labute approximate surface area is 91.8 Å². The predicted molar refractivity (Wildman–Crippen MR) is 61.0 cm³/mol. The van der Waals surface area contributed by atoms with E-state index in [4.69, 9.17) is 9.15 Å². The molecule has 1 aromatic heterocycles. The molecule has 1 unspecified atom stereocenters. The monoisotopic (exact) mass is 211 g/mol. The van der Waals surface area contributed by atoms with Crippen LogP contribution in [0.15, 0.2) is 22.8 Å². The number of methoxy groups -OCH3 is 1. The van der Waals surface area contributed by atoms with Crippen LogP contribution >= 0.6 is 0 Å².